The Hall–Kier alpha value is -4.48. The highest BCUT2D eigenvalue weighted by molar-refractivity contribution is 5.98. The fraction of sp³-hybridized carbons (Fsp3) is 0.282. The van der Waals surface area contributed by atoms with Gasteiger partial charge in [0.05, 0.1) is 0 Å². The van der Waals surface area contributed by atoms with Crippen LogP contribution in [0.1, 0.15) is 58.1 Å². The zero-order chi connectivity index (χ0) is 30.6. The monoisotopic (exact) mass is 582 g/mol. The van der Waals surface area contributed by atoms with Gasteiger partial charge in [-0.1, -0.05) is 35.9 Å². The molecule has 1 aliphatic heterocycles. The number of likely N-dealkylation sites (tertiary alicyclic amines) is 1. The molecule has 0 atom stereocenters. The number of benzene rings is 2. The maximum absolute atomic E-state index is 13.5. The van der Waals surface area contributed by atoms with Gasteiger partial charge in [-0.25, -0.2) is 4.98 Å². The fourth-order valence-corrected chi connectivity index (χ4v) is 6.32. The number of rotatable bonds is 8. The molecule has 4 aromatic rings. The number of fused-ring (bicyclic) bond motifs is 1. The fourth-order valence-electron chi connectivity index (χ4n) is 6.32. The van der Waals surface area contributed by atoms with Crippen LogP contribution in [-0.2, 0) is 12.8 Å². The van der Waals surface area contributed by atoms with E-state index in [1.54, 1.807) is 10.6 Å². The van der Waals surface area contributed by atoms with Crippen molar-refractivity contribution in [1.29, 1.82) is 0 Å². The Bertz CT molecular complexity index is 1820. The maximum Gasteiger partial charge on any atom is 0.261 e. The molecule has 0 saturated carbocycles. The van der Waals surface area contributed by atoms with Crippen molar-refractivity contribution in [2.24, 2.45) is 5.92 Å². The second-order valence-electron chi connectivity index (χ2n) is 12.2. The second-order valence-corrected chi connectivity index (χ2v) is 12.2. The van der Waals surface area contributed by atoms with Gasteiger partial charge in [-0.05, 0) is 95.1 Å². The minimum absolute atomic E-state index is 0.0169. The molecule has 5 nitrogen and oxygen atoms in total. The highest BCUT2D eigenvalue weighted by Gasteiger charge is 2.26. The third-order valence-electron chi connectivity index (χ3n) is 9.09. The van der Waals surface area contributed by atoms with E-state index in [2.05, 4.69) is 84.8 Å². The van der Waals surface area contributed by atoms with Crippen molar-refractivity contribution in [1.82, 2.24) is 14.3 Å². The lowest BCUT2D eigenvalue weighted by atomic mass is 9.86. The molecule has 0 unspecified atom stereocenters. The van der Waals surface area contributed by atoms with Crippen LogP contribution in [0.5, 0.6) is 0 Å². The molecule has 1 aliphatic carbocycles. The van der Waals surface area contributed by atoms with Gasteiger partial charge in [0.2, 0.25) is 0 Å². The lowest BCUT2D eigenvalue weighted by Crippen LogP contribution is -2.38. The number of carbonyl (C=O) groups excluding carboxylic acids is 1. The van der Waals surface area contributed by atoms with Crippen LogP contribution >= 0.6 is 0 Å². The number of allylic oxidation sites excluding steroid dienone is 6. The Morgan fingerprint density at radius 3 is 2.34 bits per heavy atom. The molecule has 5 heteroatoms. The number of carbonyl (C=O) groups is 1. The Morgan fingerprint density at radius 1 is 0.909 bits per heavy atom. The summed E-state index contributed by atoms with van der Waals surface area (Å²) in [5.41, 5.74) is 10.5. The number of pyridine rings is 1. The molecule has 222 valence electrons. The van der Waals surface area contributed by atoms with Crippen LogP contribution in [0, 0.1) is 26.2 Å². The minimum Gasteiger partial charge on any atom is -0.303 e. The summed E-state index contributed by atoms with van der Waals surface area (Å²) in [6.07, 6.45) is 13.7. The minimum atomic E-state index is 0.0169. The van der Waals surface area contributed by atoms with E-state index in [1.165, 1.54) is 27.8 Å². The Morgan fingerprint density at radius 2 is 1.64 bits per heavy atom. The standard InChI is InChI=1S/C39H40N3O2/c1-27-7-11-30(12-8-27)26-36(31-13-9-28(2)10-14-31)32-15-17-33(18-16-32)38(43)34-19-23-41(24-20-34)25-21-35-29(3)40-37-6-4-5-22-42(37)39(35)44/h4-18,22,34H,19-21,23-26H2,1-3H3/q+1. The first-order valence-electron chi connectivity index (χ1n) is 15.7. The average Bonchev–Trinajstić information content (AvgIpc) is 3.05. The van der Waals surface area contributed by atoms with E-state index in [1.807, 2.05) is 37.3 Å². The summed E-state index contributed by atoms with van der Waals surface area (Å²) in [4.78, 5) is 33.6. The normalized spacial score (nSPS) is 16.9. The van der Waals surface area contributed by atoms with Crippen LogP contribution in [0.4, 0.5) is 0 Å². The Labute approximate surface area is 260 Å². The number of ketones is 1. The van der Waals surface area contributed by atoms with Gasteiger partial charge >= 0.3 is 0 Å². The quantitative estimate of drug-likeness (QED) is 0.163. The maximum atomic E-state index is 13.5. The summed E-state index contributed by atoms with van der Waals surface area (Å²) in [6.45, 7) is 8.66. The number of aromatic nitrogens is 2. The van der Waals surface area contributed by atoms with Crippen molar-refractivity contribution in [3.63, 3.8) is 0 Å². The van der Waals surface area contributed by atoms with Crippen molar-refractivity contribution < 1.29 is 4.79 Å². The SMILES string of the molecule is CC1=C[CH+]/C(=C(/Cc2ccc(C)cc2)c2ccc(C(=O)C3CCN(CCc4c(C)nc5ccccn5c4=O)CC3)cc2)C=C1. The number of hydrogen-bond acceptors (Lipinski definition) is 4. The molecular formula is C39H40N3O2+. The van der Waals surface area contributed by atoms with Crippen molar-refractivity contribution in [2.75, 3.05) is 19.6 Å². The van der Waals surface area contributed by atoms with Gasteiger partial charge in [-0.15, -0.1) is 0 Å². The molecule has 0 N–H and O–H groups in total. The van der Waals surface area contributed by atoms with Crippen LogP contribution in [0.25, 0.3) is 11.2 Å². The van der Waals surface area contributed by atoms with E-state index in [9.17, 15) is 9.59 Å². The number of nitrogens with zero attached hydrogens (tertiary/aromatic N) is 3. The lowest BCUT2D eigenvalue weighted by Gasteiger charge is -2.31. The van der Waals surface area contributed by atoms with E-state index in [4.69, 9.17) is 0 Å². The smallest absolute Gasteiger partial charge is 0.261 e. The molecule has 44 heavy (non-hydrogen) atoms. The third kappa shape index (κ3) is 6.53. The van der Waals surface area contributed by atoms with Gasteiger partial charge in [0.1, 0.15) is 11.2 Å². The second kappa shape index (κ2) is 13.0. The summed E-state index contributed by atoms with van der Waals surface area (Å²) in [6, 6.07) is 22.6. The van der Waals surface area contributed by atoms with Crippen molar-refractivity contribution >= 4 is 17.0 Å². The van der Waals surface area contributed by atoms with E-state index >= 15 is 0 Å². The number of hydrogen-bond donors (Lipinski definition) is 0. The van der Waals surface area contributed by atoms with E-state index in [0.29, 0.717) is 12.1 Å². The van der Waals surface area contributed by atoms with Gasteiger partial charge < -0.3 is 4.90 Å². The van der Waals surface area contributed by atoms with Crippen molar-refractivity contribution in [3.8, 4) is 0 Å². The molecule has 1 fully saturated rings. The van der Waals surface area contributed by atoms with Gasteiger partial charge in [0.15, 0.2) is 5.78 Å². The van der Waals surface area contributed by atoms with E-state index in [-0.39, 0.29) is 17.3 Å². The highest BCUT2D eigenvalue weighted by Crippen LogP contribution is 2.30. The zero-order valence-corrected chi connectivity index (χ0v) is 25.9. The summed E-state index contributed by atoms with van der Waals surface area (Å²) in [7, 11) is 0. The average molecular weight is 583 g/mol. The lowest BCUT2D eigenvalue weighted by molar-refractivity contribution is 0.0841. The first-order valence-corrected chi connectivity index (χ1v) is 15.7. The van der Waals surface area contributed by atoms with Crippen molar-refractivity contribution in [2.45, 2.75) is 46.5 Å². The summed E-state index contributed by atoms with van der Waals surface area (Å²) in [5, 5.41) is 0. The molecule has 0 bridgehead atoms. The number of piperidine rings is 1. The molecule has 3 heterocycles. The molecule has 0 radical (unpaired) electrons. The molecule has 2 aliphatic rings. The van der Waals surface area contributed by atoms with Gasteiger partial charge in [0.25, 0.3) is 5.56 Å². The Kier molecular flexibility index (Phi) is 8.76. The van der Waals surface area contributed by atoms with Crippen LogP contribution in [0.15, 0.2) is 107 Å². The largest absolute Gasteiger partial charge is 0.303 e. The number of aryl methyl sites for hydroxylation is 2. The predicted molar refractivity (Wildman–Crippen MR) is 179 cm³/mol. The first-order chi connectivity index (χ1) is 21.4. The molecule has 0 spiro atoms. The van der Waals surface area contributed by atoms with Gasteiger partial charge in [0, 0.05) is 83.3 Å². The molecule has 2 aromatic heterocycles. The highest BCUT2D eigenvalue weighted by atomic mass is 16.1. The summed E-state index contributed by atoms with van der Waals surface area (Å²) < 4.78 is 1.63. The molecule has 2 aromatic carbocycles. The molecular weight excluding hydrogens is 542 g/mol. The topological polar surface area (TPSA) is 54.7 Å². The molecule has 6 rings (SSSR count). The van der Waals surface area contributed by atoms with E-state index < -0.39 is 0 Å². The van der Waals surface area contributed by atoms with Crippen LogP contribution in [-0.4, -0.2) is 39.7 Å². The molecule has 0 amide bonds. The van der Waals surface area contributed by atoms with Crippen molar-refractivity contribution in [3.05, 3.63) is 153 Å². The zero-order valence-electron chi connectivity index (χ0n) is 25.9. The van der Waals surface area contributed by atoms with Crippen LogP contribution < -0.4 is 5.56 Å². The molecule has 1 saturated heterocycles. The van der Waals surface area contributed by atoms with E-state index in [0.717, 1.165) is 61.3 Å². The first kappa shape index (κ1) is 29.6. The van der Waals surface area contributed by atoms with Gasteiger partial charge in [-0.2, -0.15) is 0 Å². The Balaban J connectivity index is 1.10. The predicted octanol–water partition coefficient (Wildman–Crippen LogP) is 7.17. The summed E-state index contributed by atoms with van der Waals surface area (Å²) in [5.74, 6) is 0.263. The van der Waals surface area contributed by atoms with Crippen LogP contribution in [0.2, 0.25) is 0 Å². The van der Waals surface area contributed by atoms with Gasteiger partial charge in [-0.3, -0.25) is 14.0 Å². The third-order valence-corrected chi connectivity index (χ3v) is 9.09. The number of Topliss-reactive ketones (excluding diaryl/α,β-unsaturated/α-hetero) is 1. The summed E-state index contributed by atoms with van der Waals surface area (Å²) >= 11 is 0. The van der Waals surface area contributed by atoms with Crippen LogP contribution in [0.3, 0.4) is 0 Å².